The Hall–Kier alpha value is -1.66. The normalized spacial score (nSPS) is 25.0. The molecule has 1 heterocycles. The molecule has 1 N–H and O–H groups in total. The predicted octanol–water partition coefficient (Wildman–Crippen LogP) is 1.36. The highest BCUT2D eigenvalue weighted by Crippen LogP contribution is 2.22. The fraction of sp³-hybridized carbons (Fsp3) is 0.625. The van der Waals surface area contributed by atoms with Gasteiger partial charge in [0, 0.05) is 18.1 Å². The Kier molecular flexibility index (Phi) is 5.74. The molecule has 6 nitrogen and oxygen atoms in total. The predicted molar refractivity (Wildman–Crippen MR) is 83.5 cm³/mol. The van der Waals surface area contributed by atoms with Crippen molar-refractivity contribution >= 4 is 5.69 Å². The van der Waals surface area contributed by atoms with Crippen molar-refractivity contribution in [3.05, 3.63) is 33.9 Å². The number of hydrogen-bond acceptors (Lipinski definition) is 4. The van der Waals surface area contributed by atoms with E-state index in [2.05, 4.69) is 13.8 Å². The topological polar surface area (TPSA) is 66.0 Å². The van der Waals surface area contributed by atoms with Crippen molar-refractivity contribution < 1.29 is 19.3 Å². The third-order valence-corrected chi connectivity index (χ3v) is 3.93. The van der Waals surface area contributed by atoms with E-state index in [1.165, 1.54) is 6.07 Å². The summed E-state index contributed by atoms with van der Waals surface area (Å²) in [5.74, 6) is 0.696. The fourth-order valence-corrected chi connectivity index (χ4v) is 3.03. The lowest BCUT2D eigenvalue weighted by Crippen LogP contribution is -3.15. The van der Waals surface area contributed by atoms with Gasteiger partial charge < -0.3 is 14.4 Å². The smallest absolute Gasteiger partial charge is 0.272 e. The molecule has 0 aromatic heterocycles. The Labute approximate surface area is 131 Å². The number of quaternary nitrogens is 1. The van der Waals surface area contributed by atoms with Crippen LogP contribution in [0.15, 0.2) is 18.2 Å². The number of nitro groups is 1. The molecule has 1 aliphatic heterocycles. The number of nitro benzene ring substituents is 1. The first-order valence-corrected chi connectivity index (χ1v) is 7.82. The van der Waals surface area contributed by atoms with Gasteiger partial charge in [-0.1, -0.05) is 0 Å². The van der Waals surface area contributed by atoms with Crippen LogP contribution >= 0.6 is 0 Å². The summed E-state index contributed by atoms with van der Waals surface area (Å²) in [4.78, 5) is 12.0. The SMILES string of the molecule is Cc1cc(OCCC[NH+]2C[C@@H](C)O[C@H](C)C2)ccc1[N+](=O)[O-]. The molecule has 2 rings (SSSR count). The van der Waals surface area contributed by atoms with Crippen LogP contribution in [0.1, 0.15) is 25.8 Å². The maximum atomic E-state index is 10.8. The van der Waals surface area contributed by atoms with Crippen LogP contribution < -0.4 is 9.64 Å². The zero-order valence-electron chi connectivity index (χ0n) is 13.5. The lowest BCUT2D eigenvalue weighted by molar-refractivity contribution is -0.915. The number of rotatable bonds is 6. The second kappa shape index (κ2) is 7.56. The van der Waals surface area contributed by atoms with Crippen molar-refractivity contribution in [3.63, 3.8) is 0 Å². The van der Waals surface area contributed by atoms with E-state index in [0.29, 0.717) is 30.1 Å². The molecule has 122 valence electrons. The molecular weight excluding hydrogens is 284 g/mol. The van der Waals surface area contributed by atoms with Crippen LogP contribution in [0.2, 0.25) is 0 Å². The number of benzene rings is 1. The molecule has 2 atom stereocenters. The molecule has 0 bridgehead atoms. The van der Waals surface area contributed by atoms with Gasteiger partial charge in [-0.3, -0.25) is 10.1 Å². The lowest BCUT2D eigenvalue weighted by Gasteiger charge is -2.32. The Bertz CT molecular complexity index is 511. The third-order valence-electron chi connectivity index (χ3n) is 3.93. The van der Waals surface area contributed by atoms with Gasteiger partial charge in [0.2, 0.25) is 0 Å². The molecule has 6 heteroatoms. The fourth-order valence-electron chi connectivity index (χ4n) is 3.03. The Balaban J connectivity index is 1.75. The summed E-state index contributed by atoms with van der Waals surface area (Å²) < 4.78 is 11.4. The molecule has 0 amide bonds. The van der Waals surface area contributed by atoms with E-state index in [9.17, 15) is 10.1 Å². The van der Waals surface area contributed by atoms with Crippen LogP contribution in [0.25, 0.3) is 0 Å². The van der Waals surface area contributed by atoms with Gasteiger partial charge in [0.1, 0.15) is 31.0 Å². The van der Waals surface area contributed by atoms with E-state index < -0.39 is 0 Å². The van der Waals surface area contributed by atoms with Crippen molar-refractivity contribution in [1.29, 1.82) is 0 Å². The van der Waals surface area contributed by atoms with Crippen LogP contribution in [0.3, 0.4) is 0 Å². The molecule has 0 unspecified atom stereocenters. The number of hydrogen-bond donors (Lipinski definition) is 1. The monoisotopic (exact) mass is 309 g/mol. The van der Waals surface area contributed by atoms with Crippen molar-refractivity contribution in [2.75, 3.05) is 26.2 Å². The van der Waals surface area contributed by atoms with Gasteiger partial charge in [-0.15, -0.1) is 0 Å². The third kappa shape index (κ3) is 4.68. The van der Waals surface area contributed by atoms with E-state index in [4.69, 9.17) is 9.47 Å². The summed E-state index contributed by atoms with van der Waals surface area (Å²) in [7, 11) is 0. The van der Waals surface area contributed by atoms with Crippen LogP contribution in [0, 0.1) is 17.0 Å². The molecule has 0 radical (unpaired) electrons. The number of morpholine rings is 1. The molecule has 1 fully saturated rings. The minimum absolute atomic E-state index is 0.132. The van der Waals surface area contributed by atoms with Gasteiger partial charge in [0.15, 0.2) is 0 Å². The zero-order valence-corrected chi connectivity index (χ0v) is 13.5. The second-order valence-corrected chi connectivity index (χ2v) is 6.07. The maximum Gasteiger partial charge on any atom is 0.272 e. The standard InChI is InChI=1S/C16H24N2O4/c1-12-9-15(5-6-16(12)18(19)20)21-8-4-7-17-10-13(2)22-14(3)11-17/h5-6,9,13-14H,4,7-8,10-11H2,1-3H3/p+1/t13-,14-/m1/s1. The van der Waals surface area contributed by atoms with Crippen LogP contribution in [0.5, 0.6) is 5.75 Å². The average Bonchev–Trinajstić information content (AvgIpc) is 2.42. The summed E-state index contributed by atoms with van der Waals surface area (Å²) >= 11 is 0. The average molecular weight is 309 g/mol. The summed E-state index contributed by atoms with van der Waals surface area (Å²) in [5, 5.41) is 10.8. The highest BCUT2D eigenvalue weighted by molar-refractivity contribution is 5.44. The van der Waals surface area contributed by atoms with Crippen LogP contribution in [-0.2, 0) is 4.74 Å². The molecule has 0 aliphatic carbocycles. The Morgan fingerprint density at radius 2 is 2.05 bits per heavy atom. The van der Waals surface area contributed by atoms with Crippen LogP contribution in [0.4, 0.5) is 5.69 Å². The highest BCUT2D eigenvalue weighted by atomic mass is 16.6. The minimum Gasteiger partial charge on any atom is -0.493 e. The van der Waals surface area contributed by atoms with Gasteiger partial charge in [0.25, 0.3) is 5.69 Å². The first kappa shape index (κ1) is 16.7. The minimum atomic E-state index is -0.372. The molecule has 1 aliphatic rings. The molecule has 1 aromatic carbocycles. The number of aryl methyl sites for hydroxylation is 1. The summed E-state index contributed by atoms with van der Waals surface area (Å²) in [6.07, 6.45) is 1.60. The van der Waals surface area contributed by atoms with Crippen molar-refractivity contribution in [1.82, 2.24) is 0 Å². The van der Waals surface area contributed by atoms with Gasteiger partial charge in [-0.25, -0.2) is 0 Å². The maximum absolute atomic E-state index is 10.8. The lowest BCUT2D eigenvalue weighted by atomic mass is 10.2. The molecular formula is C16H25N2O4+. The first-order chi connectivity index (χ1) is 10.5. The molecule has 1 saturated heterocycles. The van der Waals surface area contributed by atoms with Crippen molar-refractivity contribution in [2.24, 2.45) is 0 Å². The molecule has 0 spiro atoms. The summed E-state index contributed by atoms with van der Waals surface area (Å²) in [5.41, 5.74) is 0.761. The summed E-state index contributed by atoms with van der Waals surface area (Å²) in [6, 6.07) is 4.89. The van der Waals surface area contributed by atoms with Gasteiger partial charge in [-0.2, -0.15) is 0 Å². The van der Waals surface area contributed by atoms with E-state index in [1.54, 1.807) is 24.0 Å². The molecule has 22 heavy (non-hydrogen) atoms. The van der Waals surface area contributed by atoms with Crippen LogP contribution in [-0.4, -0.2) is 43.4 Å². The molecule has 1 aromatic rings. The highest BCUT2D eigenvalue weighted by Gasteiger charge is 2.24. The van der Waals surface area contributed by atoms with Crippen molar-refractivity contribution in [3.8, 4) is 5.75 Å². The second-order valence-electron chi connectivity index (χ2n) is 6.07. The van der Waals surface area contributed by atoms with Crippen molar-refractivity contribution in [2.45, 2.75) is 39.4 Å². The van der Waals surface area contributed by atoms with E-state index in [1.807, 2.05) is 0 Å². The van der Waals surface area contributed by atoms with E-state index in [-0.39, 0.29) is 10.6 Å². The summed E-state index contributed by atoms with van der Waals surface area (Å²) in [6.45, 7) is 9.74. The Morgan fingerprint density at radius 1 is 1.36 bits per heavy atom. The van der Waals surface area contributed by atoms with Gasteiger partial charge in [0.05, 0.1) is 18.1 Å². The first-order valence-electron chi connectivity index (χ1n) is 7.82. The van der Waals surface area contributed by atoms with Gasteiger partial charge in [-0.05, 0) is 32.9 Å². The zero-order chi connectivity index (χ0) is 16.1. The number of nitrogens with zero attached hydrogens (tertiary/aromatic N) is 1. The number of nitrogens with one attached hydrogen (secondary N) is 1. The van der Waals surface area contributed by atoms with E-state index in [0.717, 1.165) is 26.1 Å². The Morgan fingerprint density at radius 3 is 2.64 bits per heavy atom. The van der Waals surface area contributed by atoms with Gasteiger partial charge >= 0.3 is 0 Å². The quantitative estimate of drug-likeness (QED) is 0.489. The largest absolute Gasteiger partial charge is 0.493 e. The van der Waals surface area contributed by atoms with E-state index >= 15 is 0 Å². The molecule has 0 saturated carbocycles. The number of ether oxygens (including phenoxy) is 2.